The molecule has 0 radical (unpaired) electrons. The summed E-state index contributed by atoms with van der Waals surface area (Å²) < 4.78 is 13.1. The van der Waals surface area contributed by atoms with Crippen molar-refractivity contribution in [1.82, 2.24) is 25.0 Å². The van der Waals surface area contributed by atoms with E-state index in [4.69, 9.17) is 14.5 Å². The molecule has 0 aliphatic rings. The molecule has 1 N–H and O–H groups in total. The van der Waals surface area contributed by atoms with Crippen LogP contribution in [0.3, 0.4) is 0 Å². The fourth-order valence-corrected chi connectivity index (χ4v) is 2.69. The molecule has 0 spiro atoms. The lowest BCUT2D eigenvalue weighted by molar-refractivity contribution is 0.280. The minimum absolute atomic E-state index is 0. The first-order valence-electron chi connectivity index (χ1n) is 10.2. The summed E-state index contributed by atoms with van der Waals surface area (Å²) in [6.07, 6.45) is 2.65. The summed E-state index contributed by atoms with van der Waals surface area (Å²) in [7, 11) is 3.68. The summed E-state index contributed by atoms with van der Waals surface area (Å²) in [5.74, 6) is 4.02. The van der Waals surface area contributed by atoms with Gasteiger partial charge in [-0.3, -0.25) is 4.99 Å². The number of benzene rings is 1. The van der Waals surface area contributed by atoms with Crippen LogP contribution in [0.2, 0.25) is 0 Å². The molecule has 0 saturated heterocycles. The van der Waals surface area contributed by atoms with Gasteiger partial charge < -0.3 is 24.3 Å². The standard InChI is InChI=1S/C21H34N6O2.HI/c1-6-20-25-24-16-27(20)12-11-22-21(23-15-17(2)3)26(4)13-14-29-19-9-7-18(28-5)8-10-19;/h7-10,16-17H,6,11-15H2,1-5H3,(H,22,23);1H. The zero-order valence-corrected chi connectivity index (χ0v) is 21.0. The second kappa shape index (κ2) is 14.1. The number of ether oxygens (including phenoxy) is 2. The Morgan fingerprint density at radius 3 is 2.57 bits per heavy atom. The van der Waals surface area contributed by atoms with E-state index in [9.17, 15) is 0 Å². The zero-order chi connectivity index (χ0) is 21.1. The molecule has 0 unspecified atom stereocenters. The van der Waals surface area contributed by atoms with Crippen LogP contribution >= 0.6 is 24.0 Å². The third kappa shape index (κ3) is 8.76. The molecule has 2 aromatic rings. The molecule has 0 aliphatic carbocycles. The maximum atomic E-state index is 5.84. The maximum Gasteiger partial charge on any atom is 0.193 e. The minimum Gasteiger partial charge on any atom is -0.497 e. The molecule has 0 atom stereocenters. The van der Waals surface area contributed by atoms with E-state index in [0.29, 0.717) is 12.5 Å². The number of guanidine groups is 1. The van der Waals surface area contributed by atoms with Crippen LogP contribution in [-0.4, -0.2) is 66.0 Å². The van der Waals surface area contributed by atoms with Gasteiger partial charge in [-0.2, -0.15) is 0 Å². The second-order valence-corrected chi connectivity index (χ2v) is 7.22. The average Bonchev–Trinajstić information content (AvgIpc) is 3.18. The predicted molar refractivity (Wildman–Crippen MR) is 131 cm³/mol. The molecule has 1 aromatic heterocycles. The van der Waals surface area contributed by atoms with Gasteiger partial charge in [-0.05, 0) is 30.2 Å². The Balaban J connectivity index is 0.00000450. The average molecular weight is 530 g/mol. The number of nitrogens with zero attached hydrogens (tertiary/aromatic N) is 5. The third-order valence-electron chi connectivity index (χ3n) is 4.37. The molecule has 0 bridgehead atoms. The summed E-state index contributed by atoms with van der Waals surface area (Å²) in [4.78, 5) is 6.85. The van der Waals surface area contributed by atoms with Crippen molar-refractivity contribution in [2.45, 2.75) is 33.7 Å². The van der Waals surface area contributed by atoms with Gasteiger partial charge >= 0.3 is 0 Å². The van der Waals surface area contributed by atoms with Crippen LogP contribution in [0.4, 0.5) is 0 Å². The first-order chi connectivity index (χ1) is 14.0. The van der Waals surface area contributed by atoms with Crippen molar-refractivity contribution in [3.63, 3.8) is 0 Å². The Bertz CT molecular complexity index is 748. The minimum atomic E-state index is 0. The van der Waals surface area contributed by atoms with Gasteiger partial charge in [0.05, 0.1) is 13.7 Å². The summed E-state index contributed by atoms with van der Waals surface area (Å²) in [5.41, 5.74) is 0. The zero-order valence-electron chi connectivity index (χ0n) is 18.7. The van der Waals surface area contributed by atoms with Gasteiger partial charge in [0.2, 0.25) is 0 Å². The van der Waals surface area contributed by atoms with E-state index in [0.717, 1.165) is 55.9 Å². The molecule has 1 heterocycles. The monoisotopic (exact) mass is 530 g/mol. The Labute approximate surface area is 197 Å². The van der Waals surface area contributed by atoms with E-state index in [1.165, 1.54) is 0 Å². The summed E-state index contributed by atoms with van der Waals surface area (Å²) in [5, 5.41) is 11.6. The number of aromatic nitrogens is 3. The van der Waals surface area contributed by atoms with Gasteiger partial charge in [0.1, 0.15) is 30.3 Å². The van der Waals surface area contributed by atoms with Gasteiger partial charge in [-0.25, -0.2) is 0 Å². The second-order valence-electron chi connectivity index (χ2n) is 7.22. The number of methoxy groups -OCH3 is 1. The highest BCUT2D eigenvalue weighted by atomic mass is 127. The van der Waals surface area contributed by atoms with Crippen molar-refractivity contribution in [2.75, 3.05) is 40.4 Å². The number of halogens is 1. The van der Waals surface area contributed by atoms with Crippen molar-refractivity contribution in [2.24, 2.45) is 10.9 Å². The fourth-order valence-electron chi connectivity index (χ4n) is 2.69. The quantitative estimate of drug-likeness (QED) is 0.274. The molecule has 168 valence electrons. The molecule has 9 heteroatoms. The normalized spacial score (nSPS) is 11.2. The van der Waals surface area contributed by atoms with Crippen molar-refractivity contribution in [3.05, 3.63) is 36.4 Å². The summed E-state index contributed by atoms with van der Waals surface area (Å²) in [6.45, 7) is 10.0. The fraction of sp³-hybridized carbons (Fsp3) is 0.571. The number of hydrogen-bond donors (Lipinski definition) is 1. The number of nitrogens with one attached hydrogen (secondary N) is 1. The molecule has 8 nitrogen and oxygen atoms in total. The lowest BCUT2D eigenvalue weighted by Gasteiger charge is -2.23. The van der Waals surface area contributed by atoms with Crippen LogP contribution in [0.1, 0.15) is 26.6 Å². The molecule has 0 aliphatic heterocycles. The smallest absolute Gasteiger partial charge is 0.193 e. The molecule has 0 saturated carbocycles. The van der Waals surface area contributed by atoms with Crippen LogP contribution in [0.25, 0.3) is 0 Å². The van der Waals surface area contributed by atoms with Gasteiger partial charge in [-0.15, -0.1) is 34.2 Å². The largest absolute Gasteiger partial charge is 0.497 e. The van der Waals surface area contributed by atoms with Crippen molar-refractivity contribution in [1.29, 1.82) is 0 Å². The topological polar surface area (TPSA) is 76.8 Å². The van der Waals surface area contributed by atoms with Crippen molar-refractivity contribution in [3.8, 4) is 11.5 Å². The van der Waals surface area contributed by atoms with Crippen LogP contribution < -0.4 is 14.8 Å². The molecule has 1 aromatic carbocycles. The van der Waals surface area contributed by atoms with E-state index >= 15 is 0 Å². The lowest BCUT2D eigenvalue weighted by atomic mass is 10.2. The van der Waals surface area contributed by atoms with E-state index in [1.54, 1.807) is 13.4 Å². The number of rotatable bonds is 11. The van der Waals surface area contributed by atoms with Crippen molar-refractivity contribution >= 4 is 29.9 Å². The maximum absolute atomic E-state index is 5.84. The Kier molecular flexibility index (Phi) is 12.2. The molecular weight excluding hydrogens is 495 g/mol. The summed E-state index contributed by atoms with van der Waals surface area (Å²) >= 11 is 0. The highest BCUT2D eigenvalue weighted by molar-refractivity contribution is 14.0. The number of likely N-dealkylation sites (N-methyl/N-ethyl adjacent to an activating group) is 1. The molecule has 30 heavy (non-hydrogen) atoms. The van der Waals surface area contributed by atoms with E-state index in [2.05, 4.69) is 45.8 Å². The van der Waals surface area contributed by atoms with Crippen LogP contribution in [0, 0.1) is 5.92 Å². The highest BCUT2D eigenvalue weighted by Crippen LogP contribution is 2.16. The Hall–Kier alpha value is -2.04. The van der Waals surface area contributed by atoms with Crippen molar-refractivity contribution < 1.29 is 9.47 Å². The van der Waals surface area contributed by atoms with Crippen LogP contribution in [-0.2, 0) is 13.0 Å². The lowest BCUT2D eigenvalue weighted by Crippen LogP contribution is -2.42. The van der Waals surface area contributed by atoms with Gasteiger partial charge in [-0.1, -0.05) is 20.8 Å². The molecule has 0 amide bonds. The van der Waals surface area contributed by atoms with Gasteiger partial charge in [0, 0.05) is 33.1 Å². The van der Waals surface area contributed by atoms with Crippen LogP contribution in [0.5, 0.6) is 11.5 Å². The number of aliphatic imine (C=N–C) groups is 1. The molecular formula is C21H35IN6O2. The first-order valence-corrected chi connectivity index (χ1v) is 10.2. The number of aryl methyl sites for hydroxylation is 1. The number of hydrogen-bond acceptors (Lipinski definition) is 5. The molecule has 0 fully saturated rings. The highest BCUT2D eigenvalue weighted by Gasteiger charge is 2.08. The van der Waals surface area contributed by atoms with Gasteiger partial charge in [0.15, 0.2) is 5.96 Å². The summed E-state index contributed by atoms with van der Waals surface area (Å²) in [6, 6.07) is 7.61. The SMILES string of the molecule is CCc1nncn1CCNC(=NCC(C)C)N(C)CCOc1ccc(OC)cc1.I. The van der Waals surface area contributed by atoms with E-state index in [1.807, 2.05) is 31.3 Å². The van der Waals surface area contributed by atoms with Crippen LogP contribution in [0.15, 0.2) is 35.6 Å². The van der Waals surface area contributed by atoms with Gasteiger partial charge in [0.25, 0.3) is 0 Å². The Morgan fingerprint density at radius 1 is 1.23 bits per heavy atom. The first kappa shape index (κ1) is 26.0. The van der Waals surface area contributed by atoms with E-state index < -0.39 is 0 Å². The third-order valence-corrected chi connectivity index (χ3v) is 4.37. The Morgan fingerprint density at radius 2 is 1.93 bits per heavy atom. The van der Waals surface area contributed by atoms with E-state index in [-0.39, 0.29) is 24.0 Å². The molecule has 2 rings (SSSR count). The predicted octanol–water partition coefficient (Wildman–Crippen LogP) is 3.08.